The normalized spacial score (nSPS) is 23.2. The molecule has 1 aliphatic heterocycles. The van der Waals surface area contributed by atoms with Crippen LogP contribution in [0.5, 0.6) is 5.88 Å². The van der Waals surface area contributed by atoms with Gasteiger partial charge in [-0.05, 0) is 51.7 Å². The Morgan fingerprint density at radius 1 is 1.24 bits per heavy atom. The zero-order chi connectivity index (χ0) is 22.0. The molecule has 0 spiro atoms. The molecule has 1 unspecified atom stereocenters. The van der Waals surface area contributed by atoms with Crippen LogP contribution >= 0.6 is 0 Å². The van der Waals surface area contributed by atoms with Crippen LogP contribution < -0.4 is 4.74 Å². The second-order valence-corrected chi connectivity index (χ2v) is 14.4. The van der Waals surface area contributed by atoms with E-state index in [2.05, 4.69) is 39.0 Å². The van der Waals surface area contributed by atoms with Gasteiger partial charge in [0.2, 0.25) is 0 Å². The largest absolute Gasteiger partial charge is 0.472 e. The summed E-state index contributed by atoms with van der Waals surface area (Å²) in [6.45, 7) is 17.7. The molecule has 2 rings (SSSR count). The maximum atomic E-state index is 11.6. The van der Waals surface area contributed by atoms with E-state index in [4.69, 9.17) is 13.9 Å². The Labute approximate surface area is 175 Å². The van der Waals surface area contributed by atoms with Crippen molar-refractivity contribution in [3.63, 3.8) is 0 Å². The minimum atomic E-state index is -1.80. The third kappa shape index (κ3) is 5.79. The lowest BCUT2D eigenvalue weighted by atomic mass is 10.00. The summed E-state index contributed by atoms with van der Waals surface area (Å²) in [5, 5.41) is 16.3. The van der Waals surface area contributed by atoms with Crippen LogP contribution in [0.1, 0.15) is 65.6 Å². The fourth-order valence-electron chi connectivity index (χ4n) is 3.49. The van der Waals surface area contributed by atoms with Gasteiger partial charge in [-0.1, -0.05) is 20.8 Å². The van der Waals surface area contributed by atoms with E-state index in [1.54, 1.807) is 11.6 Å². The van der Waals surface area contributed by atoms with Gasteiger partial charge in [0.15, 0.2) is 8.32 Å². The van der Waals surface area contributed by atoms with Gasteiger partial charge in [0.1, 0.15) is 5.69 Å². The summed E-state index contributed by atoms with van der Waals surface area (Å²) in [5.41, 5.74) is 0.496. The molecule has 8 nitrogen and oxygen atoms in total. The average Bonchev–Trinajstić information content (AvgIpc) is 2.89. The SMILES string of the molecule is Cc1c([N+](=O)[O-])c(OCCCO[Si](C)(C)C(C)(C)C)nn1C1C[C@@H](C)O[C@@H](C)C1. The van der Waals surface area contributed by atoms with Gasteiger partial charge in [-0.25, -0.2) is 0 Å². The molecule has 29 heavy (non-hydrogen) atoms. The van der Waals surface area contributed by atoms with E-state index in [1.807, 2.05) is 13.8 Å². The zero-order valence-corrected chi connectivity index (χ0v) is 20.2. The highest BCUT2D eigenvalue weighted by atomic mass is 28.4. The summed E-state index contributed by atoms with van der Waals surface area (Å²) in [6, 6.07) is 0.0757. The lowest BCUT2D eigenvalue weighted by molar-refractivity contribution is -0.386. The Morgan fingerprint density at radius 3 is 2.34 bits per heavy atom. The smallest absolute Gasteiger partial charge is 0.352 e. The molecule has 0 aliphatic carbocycles. The van der Waals surface area contributed by atoms with Gasteiger partial charge in [-0.2, -0.15) is 0 Å². The predicted molar refractivity (Wildman–Crippen MR) is 115 cm³/mol. The lowest BCUT2D eigenvalue weighted by Gasteiger charge is -2.36. The van der Waals surface area contributed by atoms with Crippen LogP contribution in [0.2, 0.25) is 18.1 Å². The number of rotatable bonds is 8. The fourth-order valence-corrected chi connectivity index (χ4v) is 4.58. The molecule has 1 fully saturated rings. The molecule has 0 aromatic carbocycles. The van der Waals surface area contributed by atoms with Crippen molar-refractivity contribution < 1.29 is 18.8 Å². The molecular weight excluding hydrogens is 390 g/mol. The first-order valence-corrected chi connectivity index (χ1v) is 13.4. The third-order valence-corrected chi connectivity index (χ3v) is 10.6. The zero-order valence-electron chi connectivity index (χ0n) is 19.2. The van der Waals surface area contributed by atoms with Crippen LogP contribution in [-0.2, 0) is 9.16 Å². The van der Waals surface area contributed by atoms with Gasteiger partial charge < -0.3 is 13.9 Å². The van der Waals surface area contributed by atoms with Crippen molar-refractivity contribution in [2.24, 2.45) is 0 Å². The second-order valence-electron chi connectivity index (χ2n) is 9.63. The highest BCUT2D eigenvalue weighted by molar-refractivity contribution is 6.74. The predicted octanol–water partition coefficient (Wildman–Crippen LogP) is 5.02. The molecule has 166 valence electrons. The van der Waals surface area contributed by atoms with Crippen molar-refractivity contribution in [3.8, 4) is 5.88 Å². The maximum absolute atomic E-state index is 11.6. The summed E-state index contributed by atoms with van der Waals surface area (Å²) in [4.78, 5) is 11.2. The highest BCUT2D eigenvalue weighted by Gasteiger charge is 2.37. The minimum Gasteiger partial charge on any atom is -0.472 e. The summed E-state index contributed by atoms with van der Waals surface area (Å²) in [5.74, 6) is 0.103. The summed E-state index contributed by atoms with van der Waals surface area (Å²) >= 11 is 0. The van der Waals surface area contributed by atoms with E-state index in [9.17, 15) is 10.1 Å². The molecule has 0 N–H and O–H groups in total. The van der Waals surface area contributed by atoms with E-state index < -0.39 is 13.2 Å². The van der Waals surface area contributed by atoms with E-state index in [0.29, 0.717) is 25.3 Å². The van der Waals surface area contributed by atoms with Gasteiger partial charge in [-0.15, -0.1) is 5.10 Å². The van der Waals surface area contributed by atoms with Gasteiger partial charge in [0.05, 0.1) is 29.8 Å². The monoisotopic (exact) mass is 427 g/mol. The second kappa shape index (κ2) is 9.14. The van der Waals surface area contributed by atoms with Crippen LogP contribution in [0.15, 0.2) is 0 Å². The van der Waals surface area contributed by atoms with E-state index in [1.165, 1.54) is 0 Å². The first-order valence-electron chi connectivity index (χ1n) is 10.5. The van der Waals surface area contributed by atoms with E-state index >= 15 is 0 Å². The molecule has 0 saturated carbocycles. The fraction of sp³-hybridized carbons (Fsp3) is 0.850. The number of hydrogen-bond acceptors (Lipinski definition) is 6. The van der Waals surface area contributed by atoms with Crippen molar-refractivity contribution in [1.82, 2.24) is 9.78 Å². The number of ether oxygens (including phenoxy) is 2. The Bertz CT molecular complexity index is 704. The molecule has 0 amide bonds. The standard InChI is InChI=1S/C20H37N3O5Si/c1-14-12-17(13-15(2)28-14)22-16(3)18(23(24)25)19(21-22)26-10-9-11-27-29(7,8)20(4,5)6/h14-15,17H,9-13H2,1-8H3/t14-,15+,17?. The number of nitrogens with zero attached hydrogens (tertiary/aromatic N) is 3. The lowest BCUT2D eigenvalue weighted by Crippen LogP contribution is -2.41. The molecule has 1 aliphatic rings. The molecule has 0 radical (unpaired) electrons. The maximum Gasteiger partial charge on any atom is 0.352 e. The quantitative estimate of drug-likeness (QED) is 0.250. The summed E-state index contributed by atoms with van der Waals surface area (Å²) in [6.07, 6.45) is 2.43. The minimum absolute atomic E-state index is 0.0397. The first kappa shape index (κ1) is 23.8. The van der Waals surface area contributed by atoms with Crippen LogP contribution in [0.25, 0.3) is 0 Å². The number of nitro groups is 1. The molecule has 1 aromatic heterocycles. The van der Waals surface area contributed by atoms with Crippen LogP contribution in [0, 0.1) is 17.0 Å². The van der Waals surface area contributed by atoms with Crippen LogP contribution in [0.4, 0.5) is 5.69 Å². The average molecular weight is 428 g/mol. The summed E-state index contributed by atoms with van der Waals surface area (Å²) < 4.78 is 19.4. The Hall–Kier alpha value is -1.45. The topological polar surface area (TPSA) is 88.7 Å². The third-order valence-electron chi connectivity index (χ3n) is 6.09. The Kier molecular flexibility index (Phi) is 7.51. The number of aromatic nitrogens is 2. The Balaban J connectivity index is 2.02. The molecule has 0 bridgehead atoms. The van der Waals surface area contributed by atoms with E-state index in [0.717, 1.165) is 12.8 Å². The molecule has 3 atom stereocenters. The van der Waals surface area contributed by atoms with Gasteiger partial charge in [-0.3, -0.25) is 14.8 Å². The molecule has 1 aromatic rings. The van der Waals surface area contributed by atoms with Crippen molar-refractivity contribution in [1.29, 1.82) is 0 Å². The van der Waals surface area contributed by atoms with Gasteiger partial charge in [0, 0.05) is 13.0 Å². The first-order chi connectivity index (χ1) is 13.3. The molecule has 2 heterocycles. The van der Waals surface area contributed by atoms with Crippen molar-refractivity contribution in [2.45, 2.75) is 97.2 Å². The van der Waals surface area contributed by atoms with Crippen molar-refractivity contribution >= 4 is 14.0 Å². The van der Waals surface area contributed by atoms with E-state index in [-0.39, 0.29) is 34.9 Å². The van der Waals surface area contributed by atoms with Crippen molar-refractivity contribution in [2.75, 3.05) is 13.2 Å². The van der Waals surface area contributed by atoms with Gasteiger partial charge >= 0.3 is 11.6 Å². The summed E-state index contributed by atoms with van der Waals surface area (Å²) in [7, 11) is -1.80. The molecule has 1 saturated heterocycles. The van der Waals surface area contributed by atoms with Crippen LogP contribution in [-0.4, -0.2) is 48.4 Å². The molecular formula is C20H37N3O5Si. The Morgan fingerprint density at radius 2 is 1.83 bits per heavy atom. The van der Waals surface area contributed by atoms with Crippen molar-refractivity contribution in [3.05, 3.63) is 15.8 Å². The number of hydrogen-bond donors (Lipinski definition) is 0. The van der Waals surface area contributed by atoms with Gasteiger partial charge in [0.25, 0.3) is 0 Å². The molecule has 9 heteroatoms. The van der Waals surface area contributed by atoms with Crippen LogP contribution in [0.3, 0.4) is 0 Å². The highest BCUT2D eigenvalue weighted by Crippen LogP contribution is 2.37.